The highest BCUT2D eigenvalue weighted by molar-refractivity contribution is 5.99. The highest BCUT2D eigenvalue weighted by atomic mass is 16.6. The van der Waals surface area contributed by atoms with Gasteiger partial charge in [-0.25, -0.2) is 0 Å². The number of carbonyl (C=O) groups is 1. The van der Waals surface area contributed by atoms with Crippen LogP contribution in [0.3, 0.4) is 0 Å². The van der Waals surface area contributed by atoms with Crippen LogP contribution < -0.4 is 10.6 Å². The summed E-state index contributed by atoms with van der Waals surface area (Å²) in [6, 6.07) is 4.41. The number of benzene rings is 1. The van der Waals surface area contributed by atoms with E-state index >= 15 is 0 Å². The van der Waals surface area contributed by atoms with Gasteiger partial charge in [0.25, 0.3) is 11.6 Å². The van der Waals surface area contributed by atoms with Crippen molar-refractivity contribution in [3.63, 3.8) is 0 Å². The van der Waals surface area contributed by atoms with E-state index in [2.05, 4.69) is 10.6 Å². The van der Waals surface area contributed by atoms with Crippen molar-refractivity contribution in [2.45, 2.75) is 33.2 Å². The molecule has 1 aromatic carbocycles. The third-order valence-corrected chi connectivity index (χ3v) is 2.44. The number of nitrogens with one attached hydrogen (secondary N) is 2. The van der Waals surface area contributed by atoms with Gasteiger partial charge in [-0.3, -0.25) is 14.9 Å². The van der Waals surface area contributed by atoms with Gasteiger partial charge in [0.2, 0.25) is 0 Å². The first-order chi connectivity index (χ1) is 8.95. The zero-order chi connectivity index (χ0) is 14.4. The molecule has 1 aromatic rings. The molecule has 0 aliphatic rings. The van der Waals surface area contributed by atoms with Crippen molar-refractivity contribution >= 4 is 17.3 Å². The Kier molecular flexibility index (Phi) is 5.29. The molecule has 0 saturated carbocycles. The van der Waals surface area contributed by atoms with Crippen LogP contribution >= 0.6 is 0 Å². The van der Waals surface area contributed by atoms with Crippen LogP contribution in [0.1, 0.15) is 37.6 Å². The Morgan fingerprint density at radius 1 is 1.42 bits per heavy atom. The summed E-state index contributed by atoms with van der Waals surface area (Å²) in [6.45, 7) is 6.39. The number of amides is 1. The lowest BCUT2D eigenvalue weighted by Crippen LogP contribution is -2.30. The summed E-state index contributed by atoms with van der Waals surface area (Å²) in [5.41, 5.74) is 0.612. The minimum absolute atomic E-state index is 0.0700. The third kappa shape index (κ3) is 4.24. The Morgan fingerprint density at radius 2 is 2.11 bits per heavy atom. The topological polar surface area (TPSA) is 84.3 Å². The van der Waals surface area contributed by atoms with Crippen molar-refractivity contribution in [3.8, 4) is 0 Å². The van der Waals surface area contributed by atoms with Gasteiger partial charge in [-0.05, 0) is 32.4 Å². The van der Waals surface area contributed by atoms with Crippen LogP contribution in [-0.2, 0) is 0 Å². The van der Waals surface area contributed by atoms with Crippen molar-refractivity contribution < 1.29 is 9.72 Å². The standard InChI is InChI=1S/C13H19N3O3/c1-4-7-14-10-5-6-12(16(18)19)11(8-10)13(17)15-9(2)3/h5-6,8-9,14H,4,7H2,1-3H3,(H,15,17). The Morgan fingerprint density at radius 3 is 2.63 bits per heavy atom. The summed E-state index contributed by atoms with van der Waals surface area (Å²) in [6.07, 6.45) is 0.935. The maximum absolute atomic E-state index is 12.0. The Bertz CT molecular complexity index is 472. The van der Waals surface area contributed by atoms with Crippen LogP contribution in [0.5, 0.6) is 0 Å². The predicted octanol–water partition coefficient (Wildman–Crippen LogP) is 2.55. The molecular weight excluding hydrogens is 246 g/mol. The monoisotopic (exact) mass is 265 g/mol. The summed E-state index contributed by atoms with van der Waals surface area (Å²) in [5.74, 6) is -0.429. The van der Waals surface area contributed by atoms with E-state index in [4.69, 9.17) is 0 Å². The van der Waals surface area contributed by atoms with Crippen molar-refractivity contribution in [2.75, 3.05) is 11.9 Å². The molecule has 0 radical (unpaired) electrons. The molecule has 2 N–H and O–H groups in total. The van der Waals surface area contributed by atoms with Gasteiger partial charge in [0.15, 0.2) is 0 Å². The van der Waals surface area contributed by atoms with E-state index in [0.29, 0.717) is 5.69 Å². The summed E-state index contributed by atoms with van der Waals surface area (Å²) in [5, 5.41) is 16.7. The number of hydrogen-bond acceptors (Lipinski definition) is 4. The number of nitro benzene ring substituents is 1. The lowest BCUT2D eigenvalue weighted by Gasteiger charge is -2.10. The van der Waals surface area contributed by atoms with Crippen LogP contribution in [0, 0.1) is 10.1 Å². The van der Waals surface area contributed by atoms with Gasteiger partial charge in [0.05, 0.1) is 4.92 Å². The molecule has 0 fully saturated rings. The molecule has 0 spiro atoms. The number of carbonyl (C=O) groups excluding carboxylic acids is 1. The summed E-state index contributed by atoms with van der Waals surface area (Å²) in [7, 11) is 0. The quantitative estimate of drug-likeness (QED) is 0.611. The van der Waals surface area contributed by atoms with E-state index in [0.717, 1.165) is 13.0 Å². The normalized spacial score (nSPS) is 10.3. The van der Waals surface area contributed by atoms with Gasteiger partial charge < -0.3 is 10.6 Å². The first kappa shape index (κ1) is 14.9. The number of hydrogen-bond donors (Lipinski definition) is 2. The fourth-order valence-electron chi connectivity index (χ4n) is 1.60. The van der Waals surface area contributed by atoms with Gasteiger partial charge in [-0.1, -0.05) is 6.92 Å². The zero-order valence-electron chi connectivity index (χ0n) is 11.4. The van der Waals surface area contributed by atoms with Crippen molar-refractivity contribution in [2.24, 2.45) is 0 Å². The van der Waals surface area contributed by atoms with Crippen molar-refractivity contribution in [1.29, 1.82) is 0 Å². The molecule has 0 bridgehead atoms. The molecule has 0 unspecified atom stereocenters. The van der Waals surface area contributed by atoms with Crippen LogP contribution in [-0.4, -0.2) is 23.4 Å². The Balaban J connectivity index is 3.08. The Hall–Kier alpha value is -2.11. The number of anilines is 1. The lowest BCUT2D eigenvalue weighted by atomic mass is 10.1. The average molecular weight is 265 g/mol. The molecule has 104 valence electrons. The van der Waals surface area contributed by atoms with Crippen LogP contribution in [0.25, 0.3) is 0 Å². The van der Waals surface area contributed by atoms with E-state index in [1.807, 2.05) is 20.8 Å². The number of nitrogens with zero attached hydrogens (tertiary/aromatic N) is 1. The minimum atomic E-state index is -0.543. The predicted molar refractivity (Wildman–Crippen MR) is 74.5 cm³/mol. The second-order valence-corrected chi connectivity index (χ2v) is 4.54. The smallest absolute Gasteiger partial charge is 0.282 e. The lowest BCUT2D eigenvalue weighted by molar-refractivity contribution is -0.385. The van der Waals surface area contributed by atoms with E-state index < -0.39 is 10.8 Å². The van der Waals surface area contributed by atoms with E-state index in [1.54, 1.807) is 6.07 Å². The van der Waals surface area contributed by atoms with Gasteiger partial charge in [-0.15, -0.1) is 0 Å². The average Bonchev–Trinajstić information content (AvgIpc) is 2.35. The van der Waals surface area contributed by atoms with Gasteiger partial charge in [0, 0.05) is 24.3 Å². The highest BCUT2D eigenvalue weighted by Crippen LogP contribution is 2.22. The second kappa shape index (κ2) is 6.72. The molecule has 1 amide bonds. The first-order valence-corrected chi connectivity index (χ1v) is 6.28. The molecule has 0 aliphatic heterocycles. The van der Waals surface area contributed by atoms with Crippen LogP contribution in [0.4, 0.5) is 11.4 Å². The summed E-state index contributed by atoms with van der Waals surface area (Å²) >= 11 is 0. The maximum atomic E-state index is 12.0. The molecule has 0 heterocycles. The molecule has 19 heavy (non-hydrogen) atoms. The molecule has 6 heteroatoms. The third-order valence-electron chi connectivity index (χ3n) is 2.44. The fraction of sp³-hybridized carbons (Fsp3) is 0.462. The molecule has 6 nitrogen and oxygen atoms in total. The molecular formula is C13H19N3O3. The molecule has 0 aromatic heterocycles. The fourth-order valence-corrected chi connectivity index (χ4v) is 1.60. The first-order valence-electron chi connectivity index (χ1n) is 6.28. The van der Waals surface area contributed by atoms with Crippen LogP contribution in [0.15, 0.2) is 18.2 Å². The van der Waals surface area contributed by atoms with E-state index in [9.17, 15) is 14.9 Å². The summed E-state index contributed by atoms with van der Waals surface area (Å²) in [4.78, 5) is 22.4. The molecule has 1 rings (SSSR count). The number of rotatable bonds is 6. The molecule has 0 aliphatic carbocycles. The SMILES string of the molecule is CCCNc1ccc([N+](=O)[O-])c(C(=O)NC(C)C)c1. The largest absolute Gasteiger partial charge is 0.385 e. The second-order valence-electron chi connectivity index (χ2n) is 4.54. The summed E-state index contributed by atoms with van der Waals surface area (Å²) < 4.78 is 0. The molecule has 0 saturated heterocycles. The van der Waals surface area contributed by atoms with Crippen LogP contribution in [0.2, 0.25) is 0 Å². The van der Waals surface area contributed by atoms with Crippen molar-refractivity contribution in [1.82, 2.24) is 5.32 Å². The Labute approximate surface area is 112 Å². The zero-order valence-corrected chi connectivity index (χ0v) is 11.4. The van der Waals surface area contributed by atoms with Gasteiger partial charge in [-0.2, -0.15) is 0 Å². The minimum Gasteiger partial charge on any atom is -0.385 e. The van der Waals surface area contributed by atoms with Crippen molar-refractivity contribution in [3.05, 3.63) is 33.9 Å². The van der Waals surface area contributed by atoms with Gasteiger partial charge >= 0.3 is 0 Å². The molecule has 0 atom stereocenters. The number of nitro groups is 1. The van der Waals surface area contributed by atoms with E-state index in [1.165, 1.54) is 12.1 Å². The van der Waals surface area contributed by atoms with Gasteiger partial charge in [0.1, 0.15) is 5.56 Å². The highest BCUT2D eigenvalue weighted by Gasteiger charge is 2.20. The van der Waals surface area contributed by atoms with E-state index in [-0.39, 0.29) is 17.3 Å². The maximum Gasteiger partial charge on any atom is 0.282 e.